The van der Waals surface area contributed by atoms with Crippen LogP contribution in [0.5, 0.6) is 0 Å². The maximum atomic E-state index is 13.0. The van der Waals surface area contributed by atoms with Crippen LogP contribution in [-0.2, 0) is 12.8 Å². The number of aromatic nitrogens is 4. The lowest BCUT2D eigenvalue weighted by molar-refractivity contribution is 0.432. The molecule has 1 aliphatic carbocycles. The van der Waals surface area contributed by atoms with Gasteiger partial charge in [-0.2, -0.15) is 5.10 Å². The Morgan fingerprint density at radius 1 is 1.23 bits per heavy atom. The molecule has 1 aromatic carbocycles. The van der Waals surface area contributed by atoms with E-state index in [2.05, 4.69) is 10.1 Å². The van der Waals surface area contributed by atoms with Crippen molar-refractivity contribution in [2.24, 2.45) is 0 Å². The van der Waals surface area contributed by atoms with Crippen LogP contribution in [0.4, 0.5) is 0 Å². The first kappa shape index (κ1) is 21.7. The van der Waals surface area contributed by atoms with Crippen LogP contribution < -0.4 is 5.56 Å². The topological polar surface area (TPSA) is 83.8 Å². The summed E-state index contributed by atoms with van der Waals surface area (Å²) in [6, 6.07) is 3.15. The lowest BCUT2D eigenvalue weighted by Gasteiger charge is -2.09. The highest BCUT2D eigenvalue weighted by atomic mass is 35.5. The summed E-state index contributed by atoms with van der Waals surface area (Å²) in [6.07, 6.45) is 9.42. The normalized spacial score (nSPS) is 13.9. The maximum Gasteiger partial charge on any atom is 0.262 e. The van der Waals surface area contributed by atoms with Crippen LogP contribution in [0, 0.1) is 0 Å². The predicted molar refractivity (Wildman–Crippen MR) is 125 cm³/mol. The number of H-pyrrole nitrogens is 1. The molecule has 0 bridgehead atoms. The summed E-state index contributed by atoms with van der Waals surface area (Å²) in [6.45, 7) is 2.01. The molecule has 2 N–H and O–H groups in total. The molecule has 0 saturated heterocycles. The second kappa shape index (κ2) is 8.91. The first-order chi connectivity index (χ1) is 14.9. The minimum atomic E-state index is -0.277. The maximum absolute atomic E-state index is 13.0. The summed E-state index contributed by atoms with van der Waals surface area (Å²) in [5.74, 6) is 0.611. The largest absolute Gasteiger partial charge is 0.508 e. The monoisotopic (exact) mass is 476 g/mol. The molecule has 3 aromatic rings. The van der Waals surface area contributed by atoms with Crippen molar-refractivity contribution in [2.45, 2.75) is 32.6 Å². The van der Waals surface area contributed by atoms with E-state index in [-0.39, 0.29) is 11.3 Å². The molecule has 0 saturated carbocycles. The molecule has 0 spiro atoms. The number of nitrogens with one attached hydrogen (secondary N) is 1. The summed E-state index contributed by atoms with van der Waals surface area (Å²) in [4.78, 5) is 20.6. The molecule has 0 fully saturated rings. The molecule has 0 unspecified atom stereocenters. The van der Waals surface area contributed by atoms with Gasteiger partial charge in [0, 0.05) is 11.4 Å². The molecule has 9 heteroatoms. The molecule has 0 aliphatic heterocycles. The van der Waals surface area contributed by atoms with E-state index < -0.39 is 0 Å². The van der Waals surface area contributed by atoms with Crippen LogP contribution in [-0.4, -0.2) is 24.9 Å². The quantitative estimate of drug-likeness (QED) is 0.480. The Hall–Kier alpha value is -2.54. The molecule has 160 valence electrons. The number of allylic oxidation sites excluding steroid dienone is 5. The van der Waals surface area contributed by atoms with Crippen molar-refractivity contribution in [3.05, 3.63) is 84.7 Å². The number of aromatic amines is 1. The van der Waals surface area contributed by atoms with Crippen molar-refractivity contribution < 1.29 is 5.11 Å². The van der Waals surface area contributed by atoms with Gasteiger partial charge in [0.1, 0.15) is 22.7 Å². The fraction of sp³-hybridized carbons (Fsp3) is 0.227. The highest BCUT2D eigenvalue weighted by molar-refractivity contribution is 6.40. The van der Waals surface area contributed by atoms with E-state index in [4.69, 9.17) is 39.8 Å². The fourth-order valence-electron chi connectivity index (χ4n) is 3.57. The molecule has 6 nitrogen and oxygen atoms in total. The van der Waals surface area contributed by atoms with E-state index in [1.807, 2.05) is 13.0 Å². The molecule has 1 aliphatic rings. The van der Waals surface area contributed by atoms with Crippen molar-refractivity contribution in [3.63, 3.8) is 0 Å². The van der Waals surface area contributed by atoms with E-state index >= 15 is 0 Å². The third kappa shape index (κ3) is 4.42. The van der Waals surface area contributed by atoms with Gasteiger partial charge in [0.25, 0.3) is 5.56 Å². The van der Waals surface area contributed by atoms with Crippen molar-refractivity contribution in [1.29, 1.82) is 0 Å². The molecular weight excluding hydrogens is 459 g/mol. The number of benzene rings is 1. The molecule has 2 aromatic heterocycles. The third-order valence-corrected chi connectivity index (χ3v) is 5.66. The van der Waals surface area contributed by atoms with Crippen LogP contribution in [0.25, 0.3) is 16.7 Å². The van der Waals surface area contributed by atoms with Gasteiger partial charge >= 0.3 is 0 Å². The van der Waals surface area contributed by atoms with E-state index in [0.717, 1.165) is 12.0 Å². The van der Waals surface area contributed by atoms with E-state index in [1.165, 1.54) is 4.68 Å². The number of nitrogens with zero attached hydrogens (tertiary/aromatic N) is 3. The number of fused-ring (bicyclic) bond motifs is 1. The van der Waals surface area contributed by atoms with Crippen LogP contribution in [0.3, 0.4) is 0 Å². The molecule has 0 radical (unpaired) electrons. The lowest BCUT2D eigenvalue weighted by atomic mass is 10.1. The molecule has 0 amide bonds. The standard InChI is InChI=1S/C22H19Cl3N4O2/c1-2-5-17-19-21(29(28-17)20-15(24)10-13(23)11-16(20)25)26-18(27-22(19)31)9-12-6-3-4-7-14(30)8-12/h3-4,7-8,10-11,30H,2,5-6,9H2,1H3,(H,26,27,31). The Morgan fingerprint density at radius 2 is 1.97 bits per heavy atom. The van der Waals surface area contributed by atoms with E-state index in [9.17, 15) is 9.90 Å². The predicted octanol–water partition coefficient (Wildman–Crippen LogP) is 5.89. The number of aliphatic hydroxyl groups excluding tert-OH is 1. The second-order valence-electron chi connectivity index (χ2n) is 7.24. The SMILES string of the molecule is CCCc1nn(-c2c(Cl)cc(Cl)cc2Cl)c2nc(CC3=CC(O)=CC=CC3)[nH]c(=O)c12. The zero-order valence-corrected chi connectivity index (χ0v) is 18.9. The number of hydrogen-bond donors (Lipinski definition) is 2. The van der Waals surface area contributed by atoms with Crippen LogP contribution in [0.15, 0.2) is 52.6 Å². The average molecular weight is 478 g/mol. The van der Waals surface area contributed by atoms with Crippen LogP contribution in [0.2, 0.25) is 15.1 Å². The zero-order valence-electron chi connectivity index (χ0n) is 16.6. The molecule has 0 atom stereocenters. The molecule has 2 heterocycles. The van der Waals surface area contributed by atoms with Crippen molar-refractivity contribution in [2.75, 3.05) is 0 Å². The Kier molecular flexibility index (Phi) is 6.23. The Balaban J connectivity index is 1.91. The molecular formula is C22H19Cl3N4O2. The highest BCUT2D eigenvalue weighted by Crippen LogP contribution is 2.34. The molecule has 4 rings (SSSR count). The average Bonchev–Trinajstić information content (AvgIpc) is 2.89. The van der Waals surface area contributed by atoms with Gasteiger partial charge in [-0.15, -0.1) is 0 Å². The number of hydrogen-bond acceptors (Lipinski definition) is 4. The van der Waals surface area contributed by atoms with Crippen molar-refractivity contribution in [1.82, 2.24) is 19.7 Å². The van der Waals surface area contributed by atoms with Crippen LogP contribution >= 0.6 is 34.8 Å². The Morgan fingerprint density at radius 3 is 2.68 bits per heavy atom. The van der Waals surface area contributed by atoms with Gasteiger partial charge in [0.2, 0.25) is 0 Å². The Labute approximate surface area is 193 Å². The number of aliphatic hydroxyl groups is 1. The zero-order chi connectivity index (χ0) is 22.1. The van der Waals surface area contributed by atoms with Gasteiger partial charge in [-0.1, -0.05) is 65.9 Å². The van der Waals surface area contributed by atoms with Gasteiger partial charge < -0.3 is 10.1 Å². The van der Waals surface area contributed by atoms with E-state index in [0.29, 0.717) is 62.6 Å². The number of halogens is 3. The van der Waals surface area contributed by atoms with Crippen LogP contribution in [0.1, 0.15) is 31.3 Å². The summed E-state index contributed by atoms with van der Waals surface area (Å²) in [5, 5.41) is 15.9. The summed E-state index contributed by atoms with van der Waals surface area (Å²) < 4.78 is 1.51. The van der Waals surface area contributed by atoms with Gasteiger partial charge in [0.05, 0.1) is 15.7 Å². The first-order valence-corrected chi connectivity index (χ1v) is 10.9. The summed E-state index contributed by atoms with van der Waals surface area (Å²) >= 11 is 18.9. The van der Waals surface area contributed by atoms with Crippen molar-refractivity contribution >= 4 is 45.8 Å². The number of aryl methyl sites for hydroxylation is 1. The minimum absolute atomic E-state index is 0.155. The molecule has 31 heavy (non-hydrogen) atoms. The smallest absolute Gasteiger partial charge is 0.262 e. The summed E-state index contributed by atoms with van der Waals surface area (Å²) in [5.41, 5.74) is 2.05. The minimum Gasteiger partial charge on any atom is -0.508 e. The first-order valence-electron chi connectivity index (χ1n) is 9.78. The van der Waals surface area contributed by atoms with Gasteiger partial charge in [0.15, 0.2) is 5.65 Å². The van der Waals surface area contributed by atoms with E-state index in [1.54, 1.807) is 30.4 Å². The highest BCUT2D eigenvalue weighted by Gasteiger charge is 2.21. The Bertz CT molecular complexity index is 1300. The second-order valence-corrected chi connectivity index (χ2v) is 8.49. The lowest BCUT2D eigenvalue weighted by Crippen LogP contribution is -2.14. The van der Waals surface area contributed by atoms with Crippen molar-refractivity contribution in [3.8, 4) is 5.69 Å². The summed E-state index contributed by atoms with van der Waals surface area (Å²) in [7, 11) is 0. The fourth-order valence-corrected chi connectivity index (χ4v) is 4.54. The van der Waals surface area contributed by atoms with Gasteiger partial charge in [-0.05, 0) is 37.1 Å². The third-order valence-electron chi connectivity index (χ3n) is 4.87. The number of rotatable bonds is 5. The van der Waals surface area contributed by atoms with Gasteiger partial charge in [-0.25, -0.2) is 9.67 Å². The van der Waals surface area contributed by atoms with Gasteiger partial charge in [-0.3, -0.25) is 4.79 Å².